The molecule has 3 aliphatic carbocycles. The van der Waals surface area contributed by atoms with E-state index in [2.05, 4.69) is 45.1 Å². The monoisotopic (exact) mass is 430 g/mol. The number of oxime groups is 1. The van der Waals surface area contributed by atoms with E-state index in [9.17, 15) is 10.0 Å². The zero-order valence-electron chi connectivity index (χ0n) is 20.6. The molecule has 4 aliphatic rings. The fraction of sp³-hybridized carbons (Fsp3) is 0.926. The number of hydrogen-bond acceptors (Lipinski definition) is 3. The average molecular weight is 431 g/mol. The summed E-state index contributed by atoms with van der Waals surface area (Å²) in [6.45, 7) is 13.0. The molecular formula is C27H46N2O2. The largest absolute Gasteiger partial charge is 0.411 e. The molecule has 31 heavy (non-hydrogen) atoms. The van der Waals surface area contributed by atoms with Crippen molar-refractivity contribution in [1.29, 1.82) is 0 Å². The lowest BCUT2D eigenvalue weighted by Crippen LogP contribution is -2.55. The van der Waals surface area contributed by atoms with E-state index < -0.39 is 0 Å². The van der Waals surface area contributed by atoms with Gasteiger partial charge in [0.05, 0.1) is 5.71 Å². The molecule has 4 nitrogen and oxygen atoms in total. The van der Waals surface area contributed by atoms with Crippen LogP contribution in [0.25, 0.3) is 0 Å². The highest BCUT2D eigenvalue weighted by Gasteiger charge is 2.61. The van der Waals surface area contributed by atoms with Crippen LogP contribution in [0.2, 0.25) is 0 Å². The first-order valence-corrected chi connectivity index (χ1v) is 13.2. The van der Waals surface area contributed by atoms with Crippen LogP contribution < -0.4 is 5.32 Å². The van der Waals surface area contributed by atoms with E-state index in [1.54, 1.807) is 0 Å². The van der Waals surface area contributed by atoms with Crippen LogP contribution in [0.15, 0.2) is 5.16 Å². The van der Waals surface area contributed by atoms with Gasteiger partial charge in [-0.1, -0.05) is 59.0 Å². The number of nitrogens with one attached hydrogen (secondary N) is 1. The number of amides is 1. The highest BCUT2D eigenvalue weighted by atomic mass is 16.4. The molecule has 1 unspecified atom stereocenters. The van der Waals surface area contributed by atoms with E-state index in [1.165, 1.54) is 44.9 Å². The summed E-state index contributed by atoms with van der Waals surface area (Å²) in [5.74, 6) is 4.71. The van der Waals surface area contributed by atoms with E-state index in [1.807, 2.05) is 0 Å². The summed E-state index contributed by atoms with van der Waals surface area (Å²) in [6, 6.07) is 0. The fourth-order valence-electron chi connectivity index (χ4n) is 8.99. The minimum absolute atomic E-state index is 0.0753. The third kappa shape index (κ3) is 3.95. The minimum Gasteiger partial charge on any atom is -0.411 e. The molecule has 0 aromatic heterocycles. The average Bonchev–Trinajstić information content (AvgIpc) is 2.98. The third-order valence-electron chi connectivity index (χ3n) is 10.6. The van der Waals surface area contributed by atoms with Gasteiger partial charge in [0.15, 0.2) is 0 Å². The van der Waals surface area contributed by atoms with E-state index in [0.29, 0.717) is 23.7 Å². The molecule has 0 bridgehead atoms. The van der Waals surface area contributed by atoms with Gasteiger partial charge in [0.2, 0.25) is 5.91 Å². The molecule has 1 heterocycles. The summed E-state index contributed by atoms with van der Waals surface area (Å²) in [5.41, 5.74) is 1.42. The molecule has 4 heteroatoms. The van der Waals surface area contributed by atoms with Crippen molar-refractivity contribution in [3.05, 3.63) is 0 Å². The number of carbonyl (C=O) groups is 1. The van der Waals surface area contributed by atoms with Crippen LogP contribution in [-0.4, -0.2) is 23.4 Å². The lowest BCUT2D eigenvalue weighted by molar-refractivity contribution is -0.122. The highest BCUT2D eigenvalue weighted by molar-refractivity contribution is 5.92. The predicted octanol–water partition coefficient (Wildman–Crippen LogP) is 6.27. The van der Waals surface area contributed by atoms with Crippen molar-refractivity contribution < 1.29 is 10.0 Å². The first kappa shape index (κ1) is 23.1. The molecule has 1 aliphatic heterocycles. The minimum atomic E-state index is 0.0753. The summed E-state index contributed by atoms with van der Waals surface area (Å²) in [7, 11) is 0. The summed E-state index contributed by atoms with van der Waals surface area (Å²) in [4.78, 5) is 12.3. The molecule has 0 aromatic carbocycles. The molecule has 4 rings (SSSR count). The van der Waals surface area contributed by atoms with Crippen LogP contribution in [-0.2, 0) is 4.79 Å². The van der Waals surface area contributed by atoms with Gasteiger partial charge in [-0.15, -0.1) is 0 Å². The Kier molecular flexibility index (Phi) is 6.49. The first-order valence-electron chi connectivity index (χ1n) is 13.2. The van der Waals surface area contributed by atoms with Gasteiger partial charge in [0, 0.05) is 18.9 Å². The summed E-state index contributed by atoms with van der Waals surface area (Å²) in [5, 5.41) is 16.9. The number of fused-ring (bicyclic) bond motifs is 5. The maximum absolute atomic E-state index is 12.3. The first-order chi connectivity index (χ1) is 14.7. The fourth-order valence-corrected chi connectivity index (χ4v) is 8.99. The van der Waals surface area contributed by atoms with E-state index in [0.717, 1.165) is 48.8 Å². The van der Waals surface area contributed by atoms with Crippen molar-refractivity contribution in [1.82, 2.24) is 5.32 Å². The quantitative estimate of drug-likeness (QED) is 0.398. The standard InChI is InChI=1S/C27H46N2O2/c1-17(2)7-6-8-18(3)20-9-10-21-19-15-24(29-31)23-16-25(30)28-14-13-27(23,5)22(19)11-12-26(20,21)4/h17-23,31H,6-16H2,1-5H3,(H,28,30)/b29-24-/t18-,19+,20-,21+,22+,23?,26-,27-/m1/s1. The Balaban J connectivity index is 1.56. The van der Waals surface area contributed by atoms with Gasteiger partial charge in [0.1, 0.15) is 0 Å². The van der Waals surface area contributed by atoms with Crippen LogP contribution in [0.5, 0.6) is 0 Å². The van der Waals surface area contributed by atoms with Crippen molar-refractivity contribution in [2.75, 3.05) is 6.54 Å². The van der Waals surface area contributed by atoms with Crippen LogP contribution in [0.3, 0.4) is 0 Å². The topological polar surface area (TPSA) is 61.7 Å². The Morgan fingerprint density at radius 3 is 2.48 bits per heavy atom. The predicted molar refractivity (Wildman–Crippen MR) is 126 cm³/mol. The van der Waals surface area contributed by atoms with E-state index in [-0.39, 0.29) is 17.2 Å². The van der Waals surface area contributed by atoms with Crippen molar-refractivity contribution in [2.24, 2.45) is 57.4 Å². The lowest BCUT2D eigenvalue weighted by atomic mass is 9.45. The second-order valence-corrected chi connectivity index (χ2v) is 12.6. The van der Waals surface area contributed by atoms with Crippen LogP contribution in [0.4, 0.5) is 0 Å². The molecule has 0 spiro atoms. The van der Waals surface area contributed by atoms with Gasteiger partial charge in [-0.25, -0.2) is 0 Å². The normalized spacial score (nSPS) is 44.9. The third-order valence-corrected chi connectivity index (χ3v) is 10.6. The van der Waals surface area contributed by atoms with Crippen molar-refractivity contribution in [2.45, 2.75) is 98.8 Å². The summed E-state index contributed by atoms with van der Waals surface area (Å²) < 4.78 is 0. The number of rotatable bonds is 5. The highest BCUT2D eigenvalue weighted by Crippen LogP contribution is 2.67. The summed E-state index contributed by atoms with van der Waals surface area (Å²) in [6.07, 6.45) is 11.8. The molecule has 0 aromatic rings. The van der Waals surface area contributed by atoms with Gasteiger partial charge in [-0.05, 0) is 84.9 Å². The van der Waals surface area contributed by atoms with Gasteiger partial charge >= 0.3 is 0 Å². The van der Waals surface area contributed by atoms with Crippen LogP contribution in [0, 0.1) is 52.3 Å². The van der Waals surface area contributed by atoms with Gasteiger partial charge in [-0.2, -0.15) is 0 Å². The van der Waals surface area contributed by atoms with Crippen molar-refractivity contribution >= 4 is 11.6 Å². The lowest BCUT2D eigenvalue weighted by Gasteiger charge is -2.59. The van der Waals surface area contributed by atoms with Crippen molar-refractivity contribution in [3.63, 3.8) is 0 Å². The Morgan fingerprint density at radius 1 is 1.03 bits per heavy atom. The number of nitrogens with zero attached hydrogens (tertiary/aromatic N) is 1. The molecule has 1 amide bonds. The molecule has 4 fully saturated rings. The Bertz CT molecular complexity index is 703. The van der Waals surface area contributed by atoms with Gasteiger partial charge in [-0.3, -0.25) is 4.79 Å². The molecule has 0 radical (unpaired) electrons. The van der Waals surface area contributed by atoms with Gasteiger partial charge in [0.25, 0.3) is 0 Å². The second kappa shape index (κ2) is 8.71. The smallest absolute Gasteiger partial charge is 0.220 e. The maximum atomic E-state index is 12.3. The Hall–Kier alpha value is -1.06. The SMILES string of the molecule is CC(C)CCC[C@@H](C)[C@H]1CC[C@H]2[C@@H]3C/C(=N/O)C4CC(=O)NCC[C@]4(C)[C@H]3CC[C@]12C. The van der Waals surface area contributed by atoms with Crippen LogP contribution in [0.1, 0.15) is 98.8 Å². The van der Waals surface area contributed by atoms with E-state index in [4.69, 9.17) is 0 Å². The van der Waals surface area contributed by atoms with Crippen molar-refractivity contribution in [3.8, 4) is 0 Å². The Morgan fingerprint density at radius 2 is 1.77 bits per heavy atom. The zero-order valence-corrected chi connectivity index (χ0v) is 20.6. The maximum Gasteiger partial charge on any atom is 0.220 e. The van der Waals surface area contributed by atoms with Crippen LogP contribution >= 0.6 is 0 Å². The molecule has 176 valence electrons. The molecule has 1 saturated heterocycles. The Labute approximate surface area is 190 Å². The zero-order chi connectivity index (χ0) is 22.4. The van der Waals surface area contributed by atoms with Gasteiger partial charge < -0.3 is 10.5 Å². The number of hydrogen-bond donors (Lipinski definition) is 2. The summed E-state index contributed by atoms with van der Waals surface area (Å²) >= 11 is 0. The molecular weight excluding hydrogens is 384 g/mol. The molecule has 3 saturated carbocycles. The second-order valence-electron chi connectivity index (χ2n) is 12.6. The van der Waals surface area contributed by atoms with E-state index >= 15 is 0 Å². The molecule has 8 atom stereocenters. The molecule has 2 N–H and O–H groups in total. The number of carbonyl (C=O) groups excluding carboxylic acids is 1.